The molecule has 4 rings (SSSR count). The number of rotatable bonds is 4. The summed E-state index contributed by atoms with van der Waals surface area (Å²) in [6, 6.07) is 16.6. The molecule has 0 bridgehead atoms. The van der Waals surface area contributed by atoms with Crippen LogP contribution in [0.1, 0.15) is 17.2 Å². The number of phenolic OH excluding ortho intramolecular Hbond substituents is 1. The van der Waals surface area contributed by atoms with Crippen molar-refractivity contribution in [1.29, 1.82) is 0 Å². The summed E-state index contributed by atoms with van der Waals surface area (Å²) in [5.74, 6) is -1.96. The van der Waals surface area contributed by atoms with E-state index in [2.05, 4.69) is 0 Å². The Hall–Kier alpha value is -4.13. The number of nitrogens with zero attached hydrogens (tertiary/aromatic N) is 1. The molecule has 1 atom stereocenters. The number of aliphatic hydroxyl groups excluding tert-OH is 1. The summed E-state index contributed by atoms with van der Waals surface area (Å²) >= 11 is 0. The van der Waals surface area contributed by atoms with Crippen molar-refractivity contribution in [3.05, 3.63) is 95.3 Å². The quantitative estimate of drug-likeness (QED) is 0.377. The molecule has 1 saturated heterocycles. The average Bonchev–Trinajstić information content (AvgIpc) is 3.05. The highest BCUT2D eigenvalue weighted by molar-refractivity contribution is 6.51. The number of Topliss-reactive ketones (excluding diaryl/α,β-unsaturated/α-hetero) is 1. The number of hydrogen-bond acceptors (Lipinski definition) is 5. The van der Waals surface area contributed by atoms with E-state index in [0.717, 1.165) is 0 Å². The molecule has 0 aromatic heterocycles. The van der Waals surface area contributed by atoms with Crippen LogP contribution in [-0.2, 0) is 9.59 Å². The minimum Gasteiger partial charge on any atom is -0.508 e. The zero-order valence-electron chi connectivity index (χ0n) is 16.4. The number of amides is 1. The van der Waals surface area contributed by atoms with Crippen molar-refractivity contribution in [3.8, 4) is 11.5 Å². The molecule has 1 fully saturated rings. The second-order valence-corrected chi connectivity index (χ2v) is 6.97. The Morgan fingerprint density at radius 3 is 2.13 bits per heavy atom. The molecule has 6 nitrogen and oxygen atoms in total. The number of carbonyl (C=O) groups is 2. The van der Waals surface area contributed by atoms with E-state index in [4.69, 9.17) is 4.74 Å². The molecule has 0 spiro atoms. The highest BCUT2D eigenvalue weighted by Gasteiger charge is 2.46. The van der Waals surface area contributed by atoms with Crippen LogP contribution in [0.3, 0.4) is 0 Å². The van der Waals surface area contributed by atoms with Crippen LogP contribution < -0.4 is 9.64 Å². The molecule has 1 unspecified atom stereocenters. The lowest BCUT2D eigenvalue weighted by atomic mass is 9.95. The van der Waals surface area contributed by atoms with E-state index in [9.17, 15) is 24.2 Å². The van der Waals surface area contributed by atoms with E-state index in [1.807, 2.05) is 0 Å². The lowest BCUT2D eigenvalue weighted by molar-refractivity contribution is -0.132. The molecule has 31 heavy (non-hydrogen) atoms. The molecule has 0 radical (unpaired) electrons. The Kier molecular flexibility index (Phi) is 5.17. The zero-order valence-corrected chi connectivity index (χ0v) is 16.4. The van der Waals surface area contributed by atoms with E-state index in [1.54, 1.807) is 36.4 Å². The maximum absolute atomic E-state index is 13.4. The third kappa shape index (κ3) is 3.61. The first-order chi connectivity index (χ1) is 14.9. The van der Waals surface area contributed by atoms with E-state index < -0.39 is 23.5 Å². The van der Waals surface area contributed by atoms with Gasteiger partial charge in [-0.2, -0.15) is 0 Å². The maximum atomic E-state index is 13.4. The molecule has 3 aromatic carbocycles. The Balaban J connectivity index is 1.91. The Bertz CT molecular complexity index is 1170. The second-order valence-electron chi connectivity index (χ2n) is 6.97. The van der Waals surface area contributed by atoms with Crippen molar-refractivity contribution in [1.82, 2.24) is 0 Å². The molecule has 1 heterocycles. The number of aliphatic hydroxyl groups is 1. The van der Waals surface area contributed by atoms with Crippen molar-refractivity contribution in [2.24, 2.45) is 0 Å². The second kappa shape index (κ2) is 7.95. The van der Waals surface area contributed by atoms with Crippen LogP contribution in [0, 0.1) is 5.82 Å². The number of carbonyl (C=O) groups excluding carboxylic acids is 2. The van der Waals surface area contributed by atoms with Crippen LogP contribution in [0.2, 0.25) is 0 Å². The standard InChI is InChI=1S/C24H18FNO5/c1-31-19-12-4-15(5-13-19)22(28)20-21(14-2-10-18(27)11-3-14)26(24(30)23(20)29)17-8-6-16(25)7-9-17/h2-13,21,27-28H,1H3/b22-20+. The van der Waals surface area contributed by atoms with Crippen LogP contribution in [0.4, 0.5) is 10.1 Å². The monoisotopic (exact) mass is 419 g/mol. The van der Waals surface area contributed by atoms with Crippen LogP contribution in [0.5, 0.6) is 11.5 Å². The molecule has 1 amide bonds. The number of benzene rings is 3. The summed E-state index contributed by atoms with van der Waals surface area (Å²) in [7, 11) is 1.51. The minimum absolute atomic E-state index is 0.0117. The number of methoxy groups -OCH3 is 1. The Morgan fingerprint density at radius 2 is 1.55 bits per heavy atom. The van der Waals surface area contributed by atoms with E-state index in [-0.39, 0.29) is 17.1 Å². The van der Waals surface area contributed by atoms with Gasteiger partial charge in [0.15, 0.2) is 0 Å². The first kappa shape index (κ1) is 20.2. The number of ether oxygens (including phenoxy) is 1. The molecule has 156 valence electrons. The number of phenols is 1. The van der Waals surface area contributed by atoms with E-state index in [0.29, 0.717) is 22.6 Å². The predicted octanol–water partition coefficient (Wildman–Crippen LogP) is 4.17. The fraction of sp³-hybridized carbons (Fsp3) is 0.0833. The first-order valence-electron chi connectivity index (χ1n) is 9.40. The largest absolute Gasteiger partial charge is 0.508 e. The lowest BCUT2D eigenvalue weighted by Gasteiger charge is -2.25. The minimum atomic E-state index is -0.965. The van der Waals surface area contributed by atoms with Gasteiger partial charge in [0, 0.05) is 11.3 Å². The third-order valence-corrected chi connectivity index (χ3v) is 5.12. The van der Waals surface area contributed by atoms with Gasteiger partial charge < -0.3 is 14.9 Å². The summed E-state index contributed by atoms with van der Waals surface area (Å²) in [5.41, 5.74) is 1.03. The molecule has 0 aliphatic carbocycles. The van der Waals surface area contributed by atoms with E-state index in [1.165, 1.54) is 48.4 Å². The number of hydrogen-bond donors (Lipinski definition) is 2. The smallest absolute Gasteiger partial charge is 0.300 e. The maximum Gasteiger partial charge on any atom is 0.300 e. The van der Waals surface area contributed by atoms with Gasteiger partial charge in [-0.3, -0.25) is 14.5 Å². The number of halogens is 1. The van der Waals surface area contributed by atoms with Crippen LogP contribution in [-0.4, -0.2) is 29.0 Å². The predicted molar refractivity (Wildman–Crippen MR) is 112 cm³/mol. The van der Waals surface area contributed by atoms with Gasteiger partial charge >= 0.3 is 0 Å². The first-order valence-corrected chi connectivity index (χ1v) is 9.40. The van der Waals surface area contributed by atoms with Gasteiger partial charge in [0.1, 0.15) is 23.1 Å². The van der Waals surface area contributed by atoms with Crippen LogP contribution in [0.15, 0.2) is 78.4 Å². The summed E-state index contributed by atoms with van der Waals surface area (Å²) in [5, 5.41) is 20.7. The fourth-order valence-electron chi connectivity index (χ4n) is 3.58. The lowest BCUT2D eigenvalue weighted by Crippen LogP contribution is -2.29. The Labute approximate surface area is 177 Å². The van der Waals surface area contributed by atoms with Gasteiger partial charge in [0.05, 0.1) is 18.7 Å². The SMILES string of the molecule is COc1ccc(/C(O)=C2\C(=O)C(=O)N(c3ccc(F)cc3)C2c2ccc(O)cc2)cc1. The van der Waals surface area contributed by atoms with Gasteiger partial charge in [-0.05, 0) is 66.2 Å². The van der Waals surface area contributed by atoms with E-state index >= 15 is 0 Å². The van der Waals surface area contributed by atoms with Crippen molar-refractivity contribution >= 4 is 23.1 Å². The molecular weight excluding hydrogens is 401 g/mol. The average molecular weight is 419 g/mol. The topological polar surface area (TPSA) is 87.1 Å². The van der Waals surface area contributed by atoms with Gasteiger partial charge in [-0.25, -0.2) is 4.39 Å². The highest BCUT2D eigenvalue weighted by atomic mass is 19.1. The zero-order chi connectivity index (χ0) is 22.1. The number of aromatic hydroxyl groups is 1. The third-order valence-electron chi connectivity index (χ3n) is 5.12. The normalized spacial score (nSPS) is 17.7. The molecule has 3 aromatic rings. The van der Waals surface area contributed by atoms with Crippen LogP contribution in [0.25, 0.3) is 5.76 Å². The fourth-order valence-corrected chi connectivity index (χ4v) is 3.58. The highest BCUT2D eigenvalue weighted by Crippen LogP contribution is 2.42. The summed E-state index contributed by atoms with van der Waals surface area (Å²) in [6.45, 7) is 0. The van der Waals surface area contributed by atoms with Crippen molar-refractivity contribution < 1.29 is 28.9 Å². The summed E-state index contributed by atoms with van der Waals surface area (Å²) < 4.78 is 18.6. The Morgan fingerprint density at radius 1 is 0.935 bits per heavy atom. The van der Waals surface area contributed by atoms with Gasteiger partial charge in [-0.1, -0.05) is 12.1 Å². The summed E-state index contributed by atoms with van der Waals surface area (Å²) in [6.07, 6.45) is 0. The molecule has 7 heteroatoms. The molecular formula is C24H18FNO5. The number of anilines is 1. The van der Waals surface area contributed by atoms with Gasteiger partial charge in [-0.15, -0.1) is 0 Å². The van der Waals surface area contributed by atoms with Gasteiger partial charge in [0.2, 0.25) is 0 Å². The van der Waals surface area contributed by atoms with Gasteiger partial charge in [0.25, 0.3) is 11.7 Å². The van der Waals surface area contributed by atoms with Crippen molar-refractivity contribution in [3.63, 3.8) is 0 Å². The van der Waals surface area contributed by atoms with Crippen LogP contribution >= 0.6 is 0 Å². The number of ketones is 1. The van der Waals surface area contributed by atoms with Crippen molar-refractivity contribution in [2.45, 2.75) is 6.04 Å². The summed E-state index contributed by atoms with van der Waals surface area (Å²) in [4.78, 5) is 27.2. The molecule has 1 aliphatic heterocycles. The molecule has 0 saturated carbocycles. The molecule has 2 N–H and O–H groups in total. The molecule has 1 aliphatic rings. The van der Waals surface area contributed by atoms with Crippen molar-refractivity contribution in [2.75, 3.05) is 12.0 Å².